The number of aryl methyl sites for hydroxylation is 1. The molecule has 1 aromatic rings. The maximum absolute atomic E-state index is 9.90. The number of aliphatic hydroxyl groups excluding tert-OH is 1. The summed E-state index contributed by atoms with van der Waals surface area (Å²) >= 11 is 0. The Morgan fingerprint density at radius 2 is 2.10 bits per heavy atom. The van der Waals surface area contributed by atoms with Crippen LogP contribution in [0.2, 0.25) is 0 Å². The first-order valence-electron chi connectivity index (χ1n) is 7.31. The number of rotatable bonds is 8. The van der Waals surface area contributed by atoms with Crippen LogP contribution < -0.4 is 4.74 Å². The van der Waals surface area contributed by atoms with E-state index in [1.807, 2.05) is 18.2 Å². The van der Waals surface area contributed by atoms with Gasteiger partial charge in [-0.1, -0.05) is 6.07 Å². The fourth-order valence-corrected chi connectivity index (χ4v) is 2.48. The largest absolute Gasteiger partial charge is 0.491 e. The monoisotopic (exact) mass is 280 g/mol. The summed E-state index contributed by atoms with van der Waals surface area (Å²) in [5.41, 5.74) is 2.27. The van der Waals surface area contributed by atoms with Crippen molar-refractivity contribution in [3.63, 3.8) is 0 Å². The van der Waals surface area contributed by atoms with Crippen LogP contribution in [0.15, 0.2) is 18.2 Å². The minimum absolute atomic E-state index is 0.308. The van der Waals surface area contributed by atoms with Crippen LogP contribution >= 0.6 is 0 Å². The van der Waals surface area contributed by atoms with Gasteiger partial charge in [0.1, 0.15) is 12.4 Å². The third-order valence-corrected chi connectivity index (χ3v) is 3.53. The zero-order valence-corrected chi connectivity index (χ0v) is 12.1. The van der Waals surface area contributed by atoms with E-state index in [-0.39, 0.29) is 6.10 Å². The molecule has 112 valence electrons. The first-order chi connectivity index (χ1) is 9.81. The molecule has 0 aliphatic heterocycles. The predicted molar refractivity (Wildman–Crippen MR) is 77.1 cm³/mol. The predicted octanol–water partition coefficient (Wildman–Crippen LogP) is 2.49. The molecule has 0 heterocycles. The van der Waals surface area contributed by atoms with E-state index < -0.39 is 0 Å². The van der Waals surface area contributed by atoms with E-state index in [0.29, 0.717) is 19.8 Å². The second-order valence-electron chi connectivity index (χ2n) is 5.08. The van der Waals surface area contributed by atoms with Crippen LogP contribution in [0, 0.1) is 0 Å². The lowest BCUT2D eigenvalue weighted by atomic mass is 9.89. The van der Waals surface area contributed by atoms with Gasteiger partial charge < -0.3 is 19.3 Å². The van der Waals surface area contributed by atoms with Crippen LogP contribution in [0.25, 0.3) is 0 Å². The first-order valence-corrected chi connectivity index (χ1v) is 7.31. The van der Waals surface area contributed by atoms with Crippen molar-refractivity contribution in [2.24, 2.45) is 0 Å². The lowest BCUT2D eigenvalue weighted by Crippen LogP contribution is -2.11. The first kappa shape index (κ1) is 15.3. The van der Waals surface area contributed by atoms with E-state index in [2.05, 4.69) is 0 Å². The molecule has 4 nitrogen and oxygen atoms in total. The maximum Gasteiger partial charge on any atom is 0.119 e. The standard InChI is InChI=1S/C16H24O4/c1-18-8-3-9-19-10-11-20-14-6-7-15-13(12-14)4-2-5-16(15)17/h6-7,12,16-17H,2-5,8-11H2,1H3. The van der Waals surface area contributed by atoms with Crippen LogP contribution in [0.5, 0.6) is 5.75 Å². The van der Waals surface area contributed by atoms with Crippen molar-refractivity contribution < 1.29 is 19.3 Å². The maximum atomic E-state index is 9.90. The Balaban J connectivity index is 1.71. The zero-order chi connectivity index (χ0) is 14.2. The third-order valence-electron chi connectivity index (χ3n) is 3.53. The summed E-state index contributed by atoms with van der Waals surface area (Å²) < 4.78 is 16.1. The second kappa shape index (κ2) is 8.25. The minimum Gasteiger partial charge on any atom is -0.491 e. The lowest BCUT2D eigenvalue weighted by molar-refractivity contribution is 0.0805. The highest BCUT2D eigenvalue weighted by molar-refractivity contribution is 5.38. The van der Waals surface area contributed by atoms with Crippen molar-refractivity contribution in [3.8, 4) is 5.75 Å². The van der Waals surface area contributed by atoms with Crippen LogP contribution in [0.1, 0.15) is 36.5 Å². The Morgan fingerprint density at radius 3 is 2.95 bits per heavy atom. The molecule has 1 atom stereocenters. The van der Waals surface area contributed by atoms with Gasteiger partial charge >= 0.3 is 0 Å². The Hall–Kier alpha value is -1.10. The van der Waals surface area contributed by atoms with Crippen LogP contribution in [0.3, 0.4) is 0 Å². The van der Waals surface area contributed by atoms with Crippen molar-refractivity contribution in [1.29, 1.82) is 0 Å². The SMILES string of the molecule is COCCCOCCOc1ccc2c(c1)CCCC2O. The number of methoxy groups -OCH3 is 1. The number of benzene rings is 1. The van der Waals surface area contributed by atoms with Crippen molar-refractivity contribution in [2.45, 2.75) is 31.8 Å². The van der Waals surface area contributed by atoms with Crippen LogP contribution in [-0.4, -0.2) is 38.6 Å². The van der Waals surface area contributed by atoms with Gasteiger partial charge in [0.2, 0.25) is 0 Å². The number of hydrogen-bond donors (Lipinski definition) is 1. The molecule has 1 aliphatic rings. The molecule has 0 saturated carbocycles. The van der Waals surface area contributed by atoms with Crippen molar-refractivity contribution in [3.05, 3.63) is 29.3 Å². The number of ether oxygens (including phenoxy) is 3. The smallest absolute Gasteiger partial charge is 0.119 e. The minimum atomic E-state index is -0.308. The highest BCUT2D eigenvalue weighted by atomic mass is 16.5. The van der Waals surface area contributed by atoms with Gasteiger partial charge in [-0.25, -0.2) is 0 Å². The van der Waals surface area contributed by atoms with E-state index in [1.165, 1.54) is 5.56 Å². The summed E-state index contributed by atoms with van der Waals surface area (Å²) in [5, 5.41) is 9.90. The molecule has 2 rings (SSSR count). The molecule has 0 radical (unpaired) electrons. The second-order valence-corrected chi connectivity index (χ2v) is 5.08. The molecular formula is C16H24O4. The highest BCUT2D eigenvalue weighted by Gasteiger charge is 2.17. The fourth-order valence-electron chi connectivity index (χ4n) is 2.48. The quantitative estimate of drug-likeness (QED) is 0.743. The summed E-state index contributed by atoms with van der Waals surface area (Å²) in [6, 6.07) is 5.95. The Kier molecular flexibility index (Phi) is 6.30. The summed E-state index contributed by atoms with van der Waals surface area (Å²) in [5.74, 6) is 0.860. The van der Waals surface area contributed by atoms with Gasteiger partial charge in [-0.2, -0.15) is 0 Å². The molecule has 0 amide bonds. The van der Waals surface area contributed by atoms with Gasteiger partial charge in [0.25, 0.3) is 0 Å². The van der Waals surface area contributed by atoms with Gasteiger partial charge in [-0.3, -0.25) is 0 Å². The van der Waals surface area contributed by atoms with Gasteiger partial charge in [-0.05, 0) is 48.9 Å². The fraction of sp³-hybridized carbons (Fsp3) is 0.625. The molecule has 1 N–H and O–H groups in total. The molecule has 1 aromatic carbocycles. The topological polar surface area (TPSA) is 47.9 Å². The lowest BCUT2D eigenvalue weighted by Gasteiger charge is -2.21. The third kappa shape index (κ3) is 4.47. The molecular weight excluding hydrogens is 256 g/mol. The molecule has 1 unspecified atom stereocenters. The van der Waals surface area contributed by atoms with Crippen molar-refractivity contribution in [1.82, 2.24) is 0 Å². The molecule has 0 aromatic heterocycles. The van der Waals surface area contributed by atoms with Gasteiger partial charge in [-0.15, -0.1) is 0 Å². The summed E-state index contributed by atoms with van der Waals surface area (Å²) in [7, 11) is 1.69. The number of fused-ring (bicyclic) bond motifs is 1. The Morgan fingerprint density at radius 1 is 1.20 bits per heavy atom. The molecule has 0 bridgehead atoms. The highest BCUT2D eigenvalue weighted by Crippen LogP contribution is 2.31. The number of hydrogen-bond acceptors (Lipinski definition) is 4. The van der Waals surface area contributed by atoms with Gasteiger partial charge in [0.15, 0.2) is 0 Å². The summed E-state index contributed by atoms with van der Waals surface area (Å²) in [6.45, 7) is 2.57. The normalized spacial score (nSPS) is 17.8. The molecule has 20 heavy (non-hydrogen) atoms. The molecule has 0 fully saturated rings. The van der Waals surface area contributed by atoms with E-state index in [4.69, 9.17) is 14.2 Å². The Labute approximate surface area is 120 Å². The molecule has 4 heteroatoms. The number of aliphatic hydroxyl groups is 1. The Bertz CT molecular complexity index is 405. The van der Waals surface area contributed by atoms with Crippen molar-refractivity contribution >= 4 is 0 Å². The average molecular weight is 280 g/mol. The van der Waals surface area contributed by atoms with Gasteiger partial charge in [0.05, 0.1) is 12.7 Å². The summed E-state index contributed by atoms with van der Waals surface area (Å²) in [4.78, 5) is 0. The van der Waals surface area contributed by atoms with E-state index in [0.717, 1.165) is 43.6 Å². The molecule has 0 spiro atoms. The van der Waals surface area contributed by atoms with Gasteiger partial charge in [0, 0.05) is 20.3 Å². The van der Waals surface area contributed by atoms with E-state index in [1.54, 1.807) is 7.11 Å². The summed E-state index contributed by atoms with van der Waals surface area (Å²) in [6.07, 6.45) is 3.53. The van der Waals surface area contributed by atoms with Crippen molar-refractivity contribution in [2.75, 3.05) is 33.5 Å². The zero-order valence-electron chi connectivity index (χ0n) is 12.1. The van der Waals surface area contributed by atoms with Crippen LogP contribution in [0.4, 0.5) is 0 Å². The average Bonchev–Trinajstić information content (AvgIpc) is 2.46. The molecule has 0 saturated heterocycles. The molecule has 1 aliphatic carbocycles. The van der Waals surface area contributed by atoms with Crippen LogP contribution in [-0.2, 0) is 15.9 Å². The van der Waals surface area contributed by atoms with E-state index in [9.17, 15) is 5.11 Å². The van der Waals surface area contributed by atoms with E-state index >= 15 is 0 Å².